The first-order valence-electron chi connectivity index (χ1n) is 9.19. The van der Waals surface area contributed by atoms with Crippen LogP contribution in [0.3, 0.4) is 0 Å². The zero-order valence-electron chi connectivity index (χ0n) is 16.7. The molecule has 0 radical (unpaired) electrons. The topological polar surface area (TPSA) is 67.1 Å². The van der Waals surface area contributed by atoms with E-state index in [1.807, 2.05) is 41.2 Å². The number of nitrogens with one attached hydrogen (secondary N) is 2. The number of benzene rings is 1. The molecule has 1 aromatic carbocycles. The first-order chi connectivity index (χ1) is 13.6. The van der Waals surface area contributed by atoms with Gasteiger partial charge in [-0.05, 0) is 37.6 Å². The van der Waals surface area contributed by atoms with Crippen LogP contribution in [0.1, 0.15) is 27.2 Å². The van der Waals surface area contributed by atoms with Gasteiger partial charge in [0.2, 0.25) is 0 Å². The first-order valence-corrected chi connectivity index (χ1v) is 10.4. The predicted octanol–water partition coefficient (Wildman–Crippen LogP) is 4.22. The molecule has 0 amide bonds. The van der Waals surface area contributed by atoms with Crippen molar-refractivity contribution in [2.45, 2.75) is 26.3 Å². The van der Waals surface area contributed by atoms with Crippen LogP contribution >= 0.6 is 46.9 Å². The van der Waals surface area contributed by atoms with Gasteiger partial charge in [0.05, 0.1) is 16.7 Å². The Hall–Kier alpha value is -1.65. The summed E-state index contributed by atoms with van der Waals surface area (Å²) >= 11 is 7.79. The molecule has 29 heavy (non-hydrogen) atoms. The number of hydrogen-bond acceptors (Lipinski definition) is 4. The van der Waals surface area contributed by atoms with Crippen molar-refractivity contribution in [2.75, 3.05) is 20.1 Å². The molecular weight excluding hydrogens is 519 g/mol. The van der Waals surface area contributed by atoms with E-state index >= 15 is 0 Å². The second kappa shape index (κ2) is 11.5. The van der Waals surface area contributed by atoms with E-state index < -0.39 is 0 Å². The van der Waals surface area contributed by atoms with E-state index in [0.29, 0.717) is 6.54 Å². The molecule has 2 aromatic heterocycles. The summed E-state index contributed by atoms with van der Waals surface area (Å²) in [6, 6.07) is 9.82. The van der Waals surface area contributed by atoms with Crippen molar-refractivity contribution in [1.29, 1.82) is 0 Å². The Kier molecular flexibility index (Phi) is 9.38. The lowest BCUT2D eigenvalue weighted by Gasteiger charge is -2.20. The number of nitrogens with zero attached hydrogens (tertiary/aromatic N) is 4. The van der Waals surface area contributed by atoms with Crippen LogP contribution in [0.2, 0.25) is 5.02 Å². The molecule has 3 aromatic rings. The van der Waals surface area contributed by atoms with E-state index in [4.69, 9.17) is 11.6 Å². The van der Waals surface area contributed by atoms with E-state index in [2.05, 4.69) is 39.6 Å². The zero-order chi connectivity index (χ0) is 19.9. The number of hydrogen-bond donors (Lipinski definition) is 2. The molecule has 0 aliphatic heterocycles. The normalized spacial score (nSPS) is 12.3. The summed E-state index contributed by atoms with van der Waals surface area (Å²) < 4.78 is 1.94. The Bertz CT molecular complexity index is 888. The summed E-state index contributed by atoms with van der Waals surface area (Å²) in [7, 11) is 1.78. The number of aromatic nitrogens is 3. The minimum atomic E-state index is 0. The fourth-order valence-corrected chi connectivity index (χ4v) is 3.92. The SMILES string of the molecule is CN=C(NCCc1nc(C)c(C)s1)NCC(c1ccc(Cl)cc1)n1cccn1.I. The lowest BCUT2D eigenvalue weighted by atomic mass is 10.1. The lowest BCUT2D eigenvalue weighted by molar-refractivity contribution is 0.511. The quantitative estimate of drug-likeness (QED) is 0.265. The van der Waals surface area contributed by atoms with Crippen LogP contribution in [0.15, 0.2) is 47.7 Å². The highest BCUT2D eigenvalue weighted by Crippen LogP contribution is 2.19. The molecule has 0 saturated carbocycles. The maximum Gasteiger partial charge on any atom is 0.191 e. The average molecular weight is 545 g/mol. The van der Waals surface area contributed by atoms with Gasteiger partial charge in [-0.25, -0.2) is 4.98 Å². The van der Waals surface area contributed by atoms with Crippen molar-refractivity contribution in [2.24, 2.45) is 4.99 Å². The minimum absolute atomic E-state index is 0. The molecule has 1 atom stereocenters. The molecule has 156 valence electrons. The molecule has 0 aliphatic carbocycles. The van der Waals surface area contributed by atoms with Crippen molar-refractivity contribution in [1.82, 2.24) is 25.4 Å². The van der Waals surface area contributed by atoms with Crippen LogP contribution in [0.4, 0.5) is 0 Å². The van der Waals surface area contributed by atoms with Crippen LogP contribution in [-0.2, 0) is 6.42 Å². The van der Waals surface area contributed by atoms with Crippen molar-refractivity contribution in [3.63, 3.8) is 0 Å². The van der Waals surface area contributed by atoms with E-state index in [1.54, 1.807) is 24.6 Å². The lowest BCUT2D eigenvalue weighted by Crippen LogP contribution is -2.41. The van der Waals surface area contributed by atoms with Crippen LogP contribution < -0.4 is 10.6 Å². The van der Waals surface area contributed by atoms with E-state index in [0.717, 1.165) is 40.2 Å². The second-order valence-electron chi connectivity index (χ2n) is 6.43. The summed E-state index contributed by atoms with van der Waals surface area (Å²) in [5, 5.41) is 13.0. The number of aliphatic imine (C=N–C) groups is 1. The smallest absolute Gasteiger partial charge is 0.191 e. The number of aryl methyl sites for hydroxylation is 2. The van der Waals surface area contributed by atoms with Crippen molar-refractivity contribution in [3.8, 4) is 0 Å². The van der Waals surface area contributed by atoms with Crippen molar-refractivity contribution in [3.05, 3.63) is 68.9 Å². The number of guanidine groups is 1. The van der Waals surface area contributed by atoms with Gasteiger partial charge in [-0.3, -0.25) is 9.67 Å². The van der Waals surface area contributed by atoms with E-state index in [-0.39, 0.29) is 30.0 Å². The third-order valence-corrected chi connectivity index (χ3v) is 5.87. The van der Waals surface area contributed by atoms with Gasteiger partial charge in [0, 0.05) is 48.9 Å². The molecule has 1 unspecified atom stereocenters. The maximum atomic E-state index is 6.04. The fraction of sp³-hybridized carbons (Fsp3) is 0.350. The molecule has 6 nitrogen and oxygen atoms in total. The molecule has 0 fully saturated rings. The van der Waals surface area contributed by atoms with Crippen molar-refractivity contribution < 1.29 is 0 Å². The maximum absolute atomic E-state index is 6.04. The zero-order valence-corrected chi connectivity index (χ0v) is 20.6. The van der Waals surface area contributed by atoms with Gasteiger partial charge in [0.15, 0.2) is 5.96 Å². The van der Waals surface area contributed by atoms with Gasteiger partial charge >= 0.3 is 0 Å². The Morgan fingerprint density at radius 3 is 2.59 bits per heavy atom. The molecule has 2 heterocycles. The fourth-order valence-electron chi connectivity index (χ4n) is 2.86. The Balaban J connectivity index is 0.00000300. The Morgan fingerprint density at radius 1 is 1.24 bits per heavy atom. The molecule has 2 N–H and O–H groups in total. The van der Waals surface area contributed by atoms with Crippen LogP contribution in [0.25, 0.3) is 0 Å². The van der Waals surface area contributed by atoms with Gasteiger partial charge < -0.3 is 10.6 Å². The van der Waals surface area contributed by atoms with Gasteiger partial charge in [0.25, 0.3) is 0 Å². The van der Waals surface area contributed by atoms with E-state index in [1.165, 1.54) is 4.88 Å². The number of halogens is 2. The molecule has 0 spiro atoms. The predicted molar refractivity (Wildman–Crippen MR) is 132 cm³/mol. The highest BCUT2D eigenvalue weighted by atomic mass is 127. The largest absolute Gasteiger partial charge is 0.356 e. The van der Waals surface area contributed by atoms with Crippen molar-refractivity contribution >= 4 is 52.9 Å². The highest BCUT2D eigenvalue weighted by Gasteiger charge is 2.15. The summed E-state index contributed by atoms with van der Waals surface area (Å²) in [5.74, 6) is 0.760. The van der Waals surface area contributed by atoms with Crippen LogP contribution in [0, 0.1) is 13.8 Å². The third-order valence-electron chi connectivity index (χ3n) is 4.49. The molecule has 0 aliphatic rings. The Labute approximate surface area is 197 Å². The summed E-state index contributed by atoms with van der Waals surface area (Å²) in [6.45, 7) is 5.59. The summed E-state index contributed by atoms with van der Waals surface area (Å²) in [5.41, 5.74) is 2.25. The number of rotatable bonds is 7. The second-order valence-corrected chi connectivity index (χ2v) is 8.16. The highest BCUT2D eigenvalue weighted by molar-refractivity contribution is 14.0. The van der Waals surface area contributed by atoms with Gasteiger partial charge in [-0.15, -0.1) is 35.3 Å². The van der Waals surface area contributed by atoms with Gasteiger partial charge in [-0.2, -0.15) is 5.10 Å². The van der Waals surface area contributed by atoms with Crippen LogP contribution in [-0.4, -0.2) is 40.9 Å². The standard InChI is InChI=1S/C20H25ClN6S.HI/c1-14-15(2)28-19(26-14)9-11-23-20(22-3)24-13-18(27-12-4-10-25-27)16-5-7-17(21)8-6-16;/h4-8,10,12,18H,9,11,13H2,1-3H3,(H2,22,23,24);1H. The van der Waals surface area contributed by atoms with E-state index in [9.17, 15) is 0 Å². The van der Waals surface area contributed by atoms with Gasteiger partial charge in [-0.1, -0.05) is 23.7 Å². The molecule has 0 bridgehead atoms. The average Bonchev–Trinajstić information content (AvgIpc) is 3.32. The summed E-state index contributed by atoms with van der Waals surface area (Å²) in [6.07, 6.45) is 4.62. The molecule has 9 heteroatoms. The Morgan fingerprint density at radius 2 is 2.00 bits per heavy atom. The molecule has 0 saturated heterocycles. The summed E-state index contributed by atoms with van der Waals surface area (Å²) in [4.78, 5) is 10.2. The first kappa shape index (κ1) is 23.6. The minimum Gasteiger partial charge on any atom is -0.356 e. The van der Waals surface area contributed by atoms with Crippen LogP contribution in [0.5, 0.6) is 0 Å². The molecule has 3 rings (SSSR count). The number of thiazole rings is 1. The van der Waals surface area contributed by atoms with Gasteiger partial charge in [0.1, 0.15) is 0 Å². The third kappa shape index (κ3) is 6.68. The molecular formula is C20H26ClIN6S. The monoisotopic (exact) mass is 544 g/mol.